The maximum Gasteiger partial charge on any atom is 0.276 e. The van der Waals surface area contributed by atoms with Gasteiger partial charge in [-0.1, -0.05) is 12.6 Å². The second-order valence-corrected chi connectivity index (χ2v) is 2.77. The Balaban J connectivity index is 3.16. The van der Waals surface area contributed by atoms with Crippen molar-refractivity contribution in [2.24, 2.45) is 0 Å². The average molecular weight is 188 g/mol. The van der Waals surface area contributed by atoms with Crippen LogP contribution in [0.3, 0.4) is 0 Å². The normalized spacial score (nSPS) is 12.8. The number of rotatable bonds is 3. The fourth-order valence-electron chi connectivity index (χ4n) is 0.253. The summed E-state index contributed by atoms with van der Waals surface area (Å²) in [6.45, 7) is 0.368. The molecule has 0 aliphatic rings. The molecule has 2 nitrogen and oxygen atoms in total. The predicted molar refractivity (Wildman–Crippen MR) is 42.7 cm³/mol. The first kappa shape index (κ1) is 9.40. The first-order chi connectivity index (χ1) is 4.16. The number of thiol groups is 1. The van der Waals surface area contributed by atoms with Gasteiger partial charge in [-0.3, -0.25) is 4.79 Å². The van der Waals surface area contributed by atoms with Crippen LogP contribution >= 0.6 is 35.8 Å². The number of carbonyl (C=O) groups is 1. The Bertz CT molecular complexity index is 101. The number of nitrogens with one attached hydrogen (secondary N) is 1. The minimum absolute atomic E-state index is 0.206. The highest BCUT2D eigenvalue weighted by Gasteiger charge is 2.01. The molecule has 0 heterocycles. The maximum absolute atomic E-state index is 10.1. The molecule has 54 valence electrons. The fraction of sp³-hybridized carbons (Fsp3) is 0.750. The van der Waals surface area contributed by atoms with Crippen molar-refractivity contribution in [1.29, 1.82) is 0 Å². The van der Waals surface area contributed by atoms with Crippen molar-refractivity contribution in [3.63, 3.8) is 0 Å². The Morgan fingerprint density at radius 1 is 1.78 bits per heavy atom. The van der Waals surface area contributed by atoms with E-state index in [9.17, 15) is 4.79 Å². The van der Waals surface area contributed by atoms with Gasteiger partial charge in [0.15, 0.2) is 0 Å². The Kier molecular flexibility index (Phi) is 5.44. The maximum atomic E-state index is 10.1. The molecule has 0 aliphatic carbocycles. The van der Waals surface area contributed by atoms with Crippen LogP contribution in [0.15, 0.2) is 0 Å². The summed E-state index contributed by atoms with van der Waals surface area (Å²) >= 11 is 14.3. The molecule has 0 bridgehead atoms. The Morgan fingerprint density at radius 3 is 2.67 bits per heavy atom. The summed E-state index contributed by atoms with van der Waals surface area (Å²) in [6.07, 6.45) is 0. The largest absolute Gasteiger partial charge is 0.346 e. The minimum Gasteiger partial charge on any atom is -0.346 e. The summed E-state index contributed by atoms with van der Waals surface area (Å²) in [4.78, 5) is 10.1. The summed E-state index contributed by atoms with van der Waals surface area (Å²) < 4.78 is 0. The van der Waals surface area contributed by atoms with Crippen molar-refractivity contribution in [2.45, 2.75) is 5.38 Å². The summed E-state index contributed by atoms with van der Waals surface area (Å²) in [5, 5.41) is 1.82. The van der Waals surface area contributed by atoms with E-state index in [1.54, 1.807) is 0 Å². The topological polar surface area (TPSA) is 29.1 Å². The molecule has 9 heavy (non-hydrogen) atoms. The van der Waals surface area contributed by atoms with Crippen LogP contribution in [0, 0.1) is 0 Å². The van der Waals surface area contributed by atoms with E-state index in [2.05, 4.69) is 17.9 Å². The first-order valence-corrected chi connectivity index (χ1v) is 3.75. The first-order valence-electron chi connectivity index (χ1n) is 2.33. The number of hydrogen-bond donors (Lipinski definition) is 2. The molecule has 0 saturated carbocycles. The Hall–Kier alpha value is 0.400. The van der Waals surface area contributed by atoms with Crippen molar-refractivity contribution in [3.05, 3.63) is 0 Å². The van der Waals surface area contributed by atoms with E-state index >= 15 is 0 Å². The molecule has 0 aromatic carbocycles. The molecule has 1 atom stereocenters. The molecule has 0 radical (unpaired) electrons. The smallest absolute Gasteiger partial charge is 0.276 e. The standard InChI is InChI=1S/C4H7Cl2NOS/c5-1-3(6)2-7-4(8)9/h3H,1-2H2,(H2,7,8,9). The Labute approximate surface area is 69.3 Å². The van der Waals surface area contributed by atoms with Crippen LogP contribution < -0.4 is 5.32 Å². The second-order valence-electron chi connectivity index (χ2n) is 1.44. The van der Waals surface area contributed by atoms with E-state index in [1.807, 2.05) is 0 Å². The third-order valence-corrected chi connectivity index (χ3v) is 1.64. The van der Waals surface area contributed by atoms with Gasteiger partial charge in [0, 0.05) is 12.4 Å². The highest BCUT2D eigenvalue weighted by Crippen LogP contribution is 1.96. The molecular weight excluding hydrogens is 181 g/mol. The Morgan fingerprint density at radius 2 is 2.33 bits per heavy atom. The third-order valence-electron chi connectivity index (χ3n) is 0.642. The van der Waals surface area contributed by atoms with Crippen molar-refractivity contribution < 1.29 is 4.79 Å². The van der Waals surface area contributed by atoms with Gasteiger partial charge in [0.1, 0.15) is 0 Å². The monoisotopic (exact) mass is 187 g/mol. The number of halogens is 2. The van der Waals surface area contributed by atoms with Gasteiger partial charge in [-0.2, -0.15) is 0 Å². The second kappa shape index (κ2) is 5.21. The molecule has 1 N–H and O–H groups in total. The van der Waals surface area contributed by atoms with Crippen LogP contribution in [-0.4, -0.2) is 23.0 Å². The molecule has 0 saturated heterocycles. The zero-order valence-electron chi connectivity index (χ0n) is 4.60. The summed E-state index contributed by atoms with van der Waals surface area (Å²) in [6, 6.07) is 0. The van der Waals surface area contributed by atoms with E-state index in [4.69, 9.17) is 23.2 Å². The molecule has 0 aromatic rings. The van der Waals surface area contributed by atoms with E-state index in [1.165, 1.54) is 0 Å². The number of hydrogen-bond acceptors (Lipinski definition) is 1. The van der Waals surface area contributed by atoms with Crippen LogP contribution in [0.1, 0.15) is 0 Å². The van der Waals surface area contributed by atoms with Crippen molar-refractivity contribution in [2.75, 3.05) is 12.4 Å². The lowest BCUT2D eigenvalue weighted by molar-refractivity contribution is 0.261. The number of carbonyl (C=O) groups excluding carboxylic acids is 1. The van der Waals surface area contributed by atoms with Crippen LogP contribution in [0.4, 0.5) is 4.79 Å². The van der Waals surface area contributed by atoms with Gasteiger partial charge < -0.3 is 5.32 Å². The van der Waals surface area contributed by atoms with Crippen molar-refractivity contribution in [3.8, 4) is 0 Å². The molecular formula is C4H7Cl2NOS. The molecule has 1 amide bonds. The molecule has 0 aromatic heterocycles. The van der Waals surface area contributed by atoms with Crippen molar-refractivity contribution in [1.82, 2.24) is 5.32 Å². The fourth-order valence-corrected chi connectivity index (χ4v) is 0.530. The minimum atomic E-state index is -0.384. The van der Waals surface area contributed by atoms with Gasteiger partial charge in [-0.05, 0) is 0 Å². The molecule has 0 spiro atoms. The highest BCUT2D eigenvalue weighted by atomic mass is 35.5. The third kappa shape index (κ3) is 6.28. The van der Waals surface area contributed by atoms with E-state index in [0.29, 0.717) is 12.4 Å². The molecule has 0 fully saturated rings. The van der Waals surface area contributed by atoms with Crippen LogP contribution in [0.25, 0.3) is 0 Å². The van der Waals surface area contributed by atoms with Gasteiger partial charge >= 0.3 is 0 Å². The van der Waals surface area contributed by atoms with Gasteiger partial charge in [0.05, 0.1) is 5.38 Å². The lowest BCUT2D eigenvalue weighted by atomic mass is 10.5. The number of alkyl halides is 2. The summed E-state index contributed by atoms with van der Waals surface area (Å²) in [5.74, 6) is 0.329. The molecule has 0 aliphatic heterocycles. The highest BCUT2D eigenvalue weighted by molar-refractivity contribution is 7.96. The van der Waals surface area contributed by atoms with E-state index in [0.717, 1.165) is 0 Å². The average Bonchev–Trinajstić information content (AvgIpc) is 1.83. The predicted octanol–water partition coefficient (Wildman–Crippen LogP) is 1.47. The van der Waals surface area contributed by atoms with Crippen LogP contribution in [-0.2, 0) is 0 Å². The van der Waals surface area contributed by atoms with Crippen LogP contribution in [0.2, 0.25) is 0 Å². The molecule has 1 unspecified atom stereocenters. The SMILES string of the molecule is O=C(S)NCC(Cl)CCl. The quantitative estimate of drug-likeness (QED) is 0.509. The number of amides is 1. The molecule has 5 heteroatoms. The lowest BCUT2D eigenvalue weighted by Gasteiger charge is -2.03. The molecule has 0 rings (SSSR count). The zero-order chi connectivity index (χ0) is 7.28. The van der Waals surface area contributed by atoms with E-state index in [-0.39, 0.29) is 10.6 Å². The lowest BCUT2D eigenvalue weighted by Crippen LogP contribution is -2.26. The van der Waals surface area contributed by atoms with Gasteiger partial charge in [-0.15, -0.1) is 23.2 Å². The van der Waals surface area contributed by atoms with E-state index < -0.39 is 0 Å². The van der Waals surface area contributed by atoms with Gasteiger partial charge in [0.2, 0.25) is 0 Å². The zero-order valence-corrected chi connectivity index (χ0v) is 7.01. The summed E-state index contributed by atoms with van der Waals surface area (Å²) in [7, 11) is 0. The van der Waals surface area contributed by atoms with Gasteiger partial charge in [0.25, 0.3) is 5.24 Å². The van der Waals surface area contributed by atoms with Gasteiger partial charge in [-0.25, -0.2) is 0 Å². The summed E-state index contributed by atoms with van der Waals surface area (Å²) in [5.41, 5.74) is 0. The van der Waals surface area contributed by atoms with Crippen molar-refractivity contribution >= 4 is 41.1 Å². The van der Waals surface area contributed by atoms with Crippen LogP contribution in [0.5, 0.6) is 0 Å².